The van der Waals surface area contributed by atoms with Gasteiger partial charge in [-0.3, -0.25) is 4.90 Å². The predicted octanol–water partition coefficient (Wildman–Crippen LogP) is 3.36. The maximum atomic E-state index is 11.9. The van der Waals surface area contributed by atoms with Crippen LogP contribution < -0.4 is 20.3 Å². The number of carbonyl (C=O) groups excluding carboxylic acids is 1. The normalized spacial score (nSPS) is 21.8. The average molecular weight is 381 g/mol. The van der Waals surface area contributed by atoms with Crippen LogP contribution >= 0.6 is 0 Å². The van der Waals surface area contributed by atoms with Crippen LogP contribution in [0.4, 0.5) is 10.5 Å². The molecule has 1 amide bonds. The van der Waals surface area contributed by atoms with Gasteiger partial charge in [0, 0.05) is 36.8 Å². The van der Waals surface area contributed by atoms with E-state index in [4.69, 9.17) is 9.47 Å². The van der Waals surface area contributed by atoms with Gasteiger partial charge in [0.2, 0.25) is 0 Å². The summed E-state index contributed by atoms with van der Waals surface area (Å²) in [7, 11) is 3.42. The van der Waals surface area contributed by atoms with E-state index in [1.807, 2.05) is 18.2 Å². The number of nitrogens with one attached hydrogen (secondary N) is 2. The Labute approximate surface area is 165 Å². The first-order chi connectivity index (χ1) is 13.7. The molecule has 2 aromatic carbocycles. The first-order valence-electron chi connectivity index (χ1n) is 9.79. The first-order valence-corrected chi connectivity index (χ1v) is 9.79. The number of rotatable bonds is 5. The van der Waals surface area contributed by atoms with Gasteiger partial charge in [-0.05, 0) is 37.1 Å². The van der Waals surface area contributed by atoms with Gasteiger partial charge in [0.25, 0.3) is 0 Å². The summed E-state index contributed by atoms with van der Waals surface area (Å²) in [5.41, 5.74) is 4.19. The molecule has 6 nitrogen and oxygen atoms in total. The molecule has 6 heteroatoms. The molecule has 0 aliphatic carbocycles. The van der Waals surface area contributed by atoms with Gasteiger partial charge in [-0.2, -0.15) is 0 Å². The maximum absolute atomic E-state index is 11.9. The summed E-state index contributed by atoms with van der Waals surface area (Å²) in [4.78, 5) is 13.4. The lowest BCUT2D eigenvalue weighted by atomic mass is 9.92. The second kappa shape index (κ2) is 8.20. The Hall–Kier alpha value is -2.57. The molecule has 0 bridgehead atoms. The van der Waals surface area contributed by atoms with Crippen molar-refractivity contribution in [1.82, 2.24) is 10.6 Å². The Kier molecular flexibility index (Phi) is 5.50. The van der Waals surface area contributed by atoms with Crippen molar-refractivity contribution >= 4 is 11.8 Å². The number of benzene rings is 2. The molecule has 2 N–H and O–H groups in total. The molecule has 2 aliphatic heterocycles. The number of fused-ring (bicyclic) bond motifs is 1. The number of methoxy groups -OCH3 is 1. The summed E-state index contributed by atoms with van der Waals surface area (Å²) in [6, 6.07) is 15.2. The van der Waals surface area contributed by atoms with Gasteiger partial charge in [0.15, 0.2) is 0 Å². The molecule has 0 spiro atoms. The lowest BCUT2D eigenvalue weighted by molar-refractivity contribution is 0.143. The zero-order valence-corrected chi connectivity index (χ0v) is 16.4. The molecule has 1 fully saturated rings. The lowest BCUT2D eigenvalue weighted by Gasteiger charge is -2.34. The van der Waals surface area contributed by atoms with Crippen LogP contribution in [0.1, 0.15) is 35.6 Å². The lowest BCUT2D eigenvalue weighted by Crippen LogP contribution is -2.45. The van der Waals surface area contributed by atoms with E-state index in [1.165, 1.54) is 5.56 Å². The van der Waals surface area contributed by atoms with Gasteiger partial charge in [-0.25, -0.2) is 4.79 Å². The first kappa shape index (κ1) is 18.8. The fraction of sp³-hybridized carbons (Fsp3) is 0.409. The number of amides is 1. The van der Waals surface area contributed by atoms with Crippen LogP contribution in [0.2, 0.25) is 0 Å². The fourth-order valence-electron chi connectivity index (χ4n) is 4.10. The topological polar surface area (TPSA) is 62.8 Å². The van der Waals surface area contributed by atoms with Gasteiger partial charge in [0.1, 0.15) is 12.4 Å². The summed E-state index contributed by atoms with van der Waals surface area (Å²) in [5, 5.41) is 7.37. The Morgan fingerprint density at radius 3 is 2.89 bits per heavy atom. The van der Waals surface area contributed by atoms with Crippen molar-refractivity contribution in [2.24, 2.45) is 0 Å². The number of piperidine rings is 1. The van der Waals surface area contributed by atoms with Crippen LogP contribution in [-0.4, -0.2) is 32.8 Å². The molecule has 28 heavy (non-hydrogen) atoms. The highest BCUT2D eigenvalue weighted by Crippen LogP contribution is 2.33. The van der Waals surface area contributed by atoms with Crippen LogP contribution in [0.25, 0.3) is 0 Å². The quantitative estimate of drug-likeness (QED) is 0.832. The Morgan fingerprint density at radius 1 is 1.29 bits per heavy atom. The molecular formula is C22H27N3O3. The molecule has 2 heterocycles. The van der Waals surface area contributed by atoms with Crippen molar-refractivity contribution in [3.8, 4) is 5.75 Å². The van der Waals surface area contributed by atoms with Crippen molar-refractivity contribution < 1.29 is 14.3 Å². The largest absolute Gasteiger partial charge is 0.496 e. The molecule has 1 saturated heterocycles. The van der Waals surface area contributed by atoms with E-state index < -0.39 is 0 Å². The minimum absolute atomic E-state index is 0.283. The van der Waals surface area contributed by atoms with Crippen molar-refractivity contribution in [2.75, 3.05) is 25.6 Å². The molecule has 2 atom stereocenters. The molecule has 0 unspecified atom stereocenters. The maximum Gasteiger partial charge on any atom is 0.414 e. The summed E-state index contributed by atoms with van der Waals surface area (Å²) in [5.74, 6) is 0.817. The molecule has 2 aliphatic rings. The highest BCUT2D eigenvalue weighted by atomic mass is 16.6. The molecule has 0 saturated carbocycles. The van der Waals surface area contributed by atoms with E-state index >= 15 is 0 Å². The van der Waals surface area contributed by atoms with Gasteiger partial charge in [0.05, 0.1) is 12.8 Å². The van der Waals surface area contributed by atoms with E-state index in [1.54, 1.807) is 19.1 Å². The van der Waals surface area contributed by atoms with Crippen LogP contribution in [0.3, 0.4) is 0 Å². The van der Waals surface area contributed by atoms with Gasteiger partial charge in [-0.1, -0.05) is 30.3 Å². The number of ether oxygens (including phenoxy) is 2. The summed E-state index contributed by atoms with van der Waals surface area (Å²) < 4.78 is 10.8. The second-order valence-electron chi connectivity index (χ2n) is 7.38. The monoisotopic (exact) mass is 381 g/mol. The minimum atomic E-state index is -0.322. The fourth-order valence-corrected chi connectivity index (χ4v) is 4.10. The molecule has 148 valence electrons. The van der Waals surface area contributed by atoms with Gasteiger partial charge < -0.3 is 20.1 Å². The summed E-state index contributed by atoms with van der Waals surface area (Å²) >= 11 is 0. The number of carbonyl (C=O) groups is 1. The number of anilines is 1. The number of hydrogen-bond donors (Lipinski definition) is 2. The third kappa shape index (κ3) is 3.70. The summed E-state index contributed by atoms with van der Waals surface area (Å²) in [6.07, 6.45) is 1.94. The van der Waals surface area contributed by atoms with Gasteiger partial charge in [-0.15, -0.1) is 0 Å². The standard InChI is InChI=1S/C22H27N3O3/c1-25-19-11-16(20(27-2)12-17(19)14-28-22(25)26)13-24-18-9-6-10-23-21(18)15-7-4-3-5-8-15/h3-5,7-8,11-12,18,21,23-24H,6,9-10,13-14H2,1-2H3/t18-,21-/m0/s1. The van der Waals surface area contributed by atoms with Crippen LogP contribution in [0, 0.1) is 0 Å². The Morgan fingerprint density at radius 2 is 2.11 bits per heavy atom. The molecule has 0 radical (unpaired) electrons. The number of hydrogen-bond acceptors (Lipinski definition) is 5. The smallest absolute Gasteiger partial charge is 0.414 e. The van der Waals surface area contributed by atoms with E-state index in [0.29, 0.717) is 12.6 Å². The van der Waals surface area contributed by atoms with E-state index in [0.717, 1.165) is 42.0 Å². The van der Waals surface area contributed by atoms with Crippen molar-refractivity contribution in [3.05, 3.63) is 59.2 Å². The predicted molar refractivity (Wildman–Crippen MR) is 109 cm³/mol. The second-order valence-corrected chi connectivity index (χ2v) is 7.38. The Balaban J connectivity index is 1.54. The number of cyclic esters (lactones) is 1. The van der Waals surface area contributed by atoms with Crippen molar-refractivity contribution in [1.29, 1.82) is 0 Å². The Bertz CT molecular complexity index is 840. The SMILES string of the molecule is COc1cc2c(cc1CN[C@H]1CCCN[C@H]1c1ccccc1)N(C)C(=O)OC2. The average Bonchev–Trinajstić information content (AvgIpc) is 2.75. The highest BCUT2D eigenvalue weighted by Gasteiger charge is 2.27. The van der Waals surface area contributed by atoms with E-state index in [-0.39, 0.29) is 18.7 Å². The van der Waals surface area contributed by atoms with Crippen LogP contribution in [0.15, 0.2) is 42.5 Å². The molecule has 0 aromatic heterocycles. The third-order valence-electron chi connectivity index (χ3n) is 5.64. The zero-order valence-electron chi connectivity index (χ0n) is 16.4. The van der Waals surface area contributed by atoms with E-state index in [2.05, 4.69) is 34.9 Å². The molecular weight excluding hydrogens is 354 g/mol. The van der Waals surface area contributed by atoms with Crippen LogP contribution in [-0.2, 0) is 17.9 Å². The van der Waals surface area contributed by atoms with Gasteiger partial charge >= 0.3 is 6.09 Å². The molecule has 4 rings (SSSR count). The van der Waals surface area contributed by atoms with Crippen molar-refractivity contribution in [2.45, 2.75) is 38.1 Å². The van der Waals surface area contributed by atoms with Crippen molar-refractivity contribution in [3.63, 3.8) is 0 Å². The summed E-state index contributed by atoms with van der Waals surface area (Å²) in [6.45, 7) is 1.99. The van der Waals surface area contributed by atoms with Crippen LogP contribution in [0.5, 0.6) is 5.75 Å². The highest BCUT2D eigenvalue weighted by molar-refractivity contribution is 5.90. The molecule has 2 aromatic rings. The van der Waals surface area contributed by atoms with E-state index in [9.17, 15) is 4.79 Å². The number of nitrogens with zero attached hydrogens (tertiary/aromatic N) is 1. The minimum Gasteiger partial charge on any atom is -0.496 e. The zero-order chi connectivity index (χ0) is 19.5. The third-order valence-corrected chi connectivity index (χ3v) is 5.64.